The second kappa shape index (κ2) is 7.59. The smallest absolute Gasteiger partial charge is 0.282 e. The van der Waals surface area contributed by atoms with E-state index in [0.717, 1.165) is 11.0 Å². The number of aromatic nitrogens is 2. The van der Waals surface area contributed by atoms with Gasteiger partial charge in [-0.15, -0.1) is 0 Å². The predicted octanol–water partition coefficient (Wildman–Crippen LogP) is 3.22. The molecular weight excluding hydrogens is 360 g/mol. The van der Waals surface area contributed by atoms with Crippen molar-refractivity contribution in [3.8, 4) is 5.88 Å². The Bertz CT molecular complexity index is 1030. The van der Waals surface area contributed by atoms with Crippen molar-refractivity contribution < 1.29 is 14.5 Å². The average molecular weight is 378 g/mol. The summed E-state index contributed by atoms with van der Waals surface area (Å²) in [6.07, 6.45) is 2.78. The van der Waals surface area contributed by atoms with Crippen molar-refractivity contribution in [2.45, 2.75) is 18.9 Å². The van der Waals surface area contributed by atoms with E-state index in [9.17, 15) is 14.9 Å². The van der Waals surface area contributed by atoms with Crippen LogP contribution in [-0.4, -0.2) is 44.9 Å². The number of para-hydroxylation sites is 3. The van der Waals surface area contributed by atoms with Crippen LogP contribution in [0.1, 0.15) is 23.2 Å². The topological polar surface area (TPSA) is 98.5 Å². The summed E-state index contributed by atoms with van der Waals surface area (Å²) in [4.78, 5) is 33.8. The van der Waals surface area contributed by atoms with Gasteiger partial charge in [0.1, 0.15) is 11.7 Å². The molecule has 1 aliphatic rings. The molecular formula is C20H18N4O4. The summed E-state index contributed by atoms with van der Waals surface area (Å²) in [6, 6.07) is 13.6. The molecule has 0 bridgehead atoms. The standard InChI is InChI=1S/C20H18N4O4/c25-20(15-5-1-4-8-18(15)24(26)27)23-11-9-14(10-12-23)28-19-13-21-16-6-2-3-7-17(16)22-19/h1-8,13-14H,9-12H2. The van der Waals surface area contributed by atoms with Crippen LogP contribution in [0.25, 0.3) is 11.0 Å². The molecule has 1 fully saturated rings. The number of amides is 1. The number of benzene rings is 2. The summed E-state index contributed by atoms with van der Waals surface area (Å²) in [5.74, 6) is 0.137. The number of likely N-dealkylation sites (tertiary alicyclic amines) is 1. The van der Waals surface area contributed by atoms with Gasteiger partial charge in [-0.2, -0.15) is 0 Å². The summed E-state index contributed by atoms with van der Waals surface area (Å²) in [6.45, 7) is 0.938. The SMILES string of the molecule is O=C(c1ccccc1[N+](=O)[O-])N1CCC(Oc2cnc3ccccc3n2)CC1. The highest BCUT2D eigenvalue weighted by molar-refractivity contribution is 5.98. The van der Waals surface area contributed by atoms with Gasteiger partial charge in [-0.25, -0.2) is 9.97 Å². The Morgan fingerprint density at radius 3 is 2.50 bits per heavy atom. The van der Waals surface area contributed by atoms with Gasteiger partial charge in [-0.1, -0.05) is 24.3 Å². The second-order valence-corrected chi connectivity index (χ2v) is 6.58. The lowest BCUT2D eigenvalue weighted by Gasteiger charge is -2.31. The maximum absolute atomic E-state index is 12.7. The Kier molecular flexibility index (Phi) is 4.84. The van der Waals surface area contributed by atoms with Crippen molar-refractivity contribution in [3.05, 3.63) is 70.4 Å². The first-order chi connectivity index (χ1) is 13.6. The number of carbonyl (C=O) groups excluding carboxylic acids is 1. The fraction of sp³-hybridized carbons (Fsp3) is 0.250. The van der Waals surface area contributed by atoms with E-state index in [-0.39, 0.29) is 23.3 Å². The minimum atomic E-state index is -0.526. The minimum Gasteiger partial charge on any atom is -0.473 e. The Labute approximate surface area is 160 Å². The van der Waals surface area contributed by atoms with Crippen LogP contribution in [0, 0.1) is 10.1 Å². The molecule has 0 saturated carbocycles. The number of rotatable bonds is 4. The number of carbonyl (C=O) groups is 1. The van der Waals surface area contributed by atoms with Crippen molar-refractivity contribution in [2.24, 2.45) is 0 Å². The third-order valence-electron chi connectivity index (χ3n) is 4.77. The maximum Gasteiger partial charge on any atom is 0.282 e. The lowest BCUT2D eigenvalue weighted by atomic mass is 10.1. The first kappa shape index (κ1) is 17.8. The highest BCUT2D eigenvalue weighted by atomic mass is 16.6. The zero-order chi connectivity index (χ0) is 19.5. The summed E-state index contributed by atoms with van der Waals surface area (Å²) in [5.41, 5.74) is 1.52. The van der Waals surface area contributed by atoms with Crippen molar-refractivity contribution in [1.82, 2.24) is 14.9 Å². The number of piperidine rings is 1. The second-order valence-electron chi connectivity index (χ2n) is 6.58. The van der Waals surface area contributed by atoms with Crippen molar-refractivity contribution in [1.29, 1.82) is 0 Å². The van der Waals surface area contributed by atoms with E-state index >= 15 is 0 Å². The van der Waals surface area contributed by atoms with E-state index in [1.807, 2.05) is 24.3 Å². The molecule has 4 rings (SSSR count). The third kappa shape index (κ3) is 3.62. The van der Waals surface area contributed by atoms with E-state index in [1.54, 1.807) is 23.2 Å². The normalized spacial score (nSPS) is 14.8. The Hall–Kier alpha value is -3.55. The van der Waals surface area contributed by atoms with Crippen molar-refractivity contribution >= 4 is 22.6 Å². The summed E-state index contributed by atoms with van der Waals surface area (Å²) < 4.78 is 5.94. The molecule has 0 unspecified atom stereocenters. The van der Waals surface area contributed by atoms with E-state index in [1.165, 1.54) is 12.1 Å². The Balaban J connectivity index is 1.40. The molecule has 1 saturated heterocycles. The molecule has 1 aromatic heterocycles. The minimum absolute atomic E-state index is 0.0785. The maximum atomic E-state index is 12.7. The zero-order valence-electron chi connectivity index (χ0n) is 15.0. The average Bonchev–Trinajstić information content (AvgIpc) is 2.73. The highest BCUT2D eigenvalue weighted by Gasteiger charge is 2.28. The molecule has 1 amide bonds. The number of hydrogen-bond donors (Lipinski definition) is 0. The Morgan fingerprint density at radius 2 is 1.75 bits per heavy atom. The van der Waals surface area contributed by atoms with Gasteiger partial charge in [0.25, 0.3) is 11.6 Å². The summed E-state index contributed by atoms with van der Waals surface area (Å²) in [7, 11) is 0. The molecule has 1 aliphatic heterocycles. The van der Waals surface area contributed by atoms with Crippen LogP contribution in [0.5, 0.6) is 5.88 Å². The fourth-order valence-electron chi connectivity index (χ4n) is 3.33. The molecule has 8 heteroatoms. The molecule has 3 aromatic rings. The van der Waals surface area contributed by atoms with Crippen LogP contribution >= 0.6 is 0 Å². The molecule has 2 heterocycles. The molecule has 28 heavy (non-hydrogen) atoms. The highest BCUT2D eigenvalue weighted by Crippen LogP contribution is 2.23. The van der Waals surface area contributed by atoms with Gasteiger partial charge in [-0.3, -0.25) is 14.9 Å². The van der Waals surface area contributed by atoms with Gasteiger partial charge in [0.05, 0.1) is 22.2 Å². The summed E-state index contributed by atoms with van der Waals surface area (Å²) in [5, 5.41) is 11.2. The van der Waals surface area contributed by atoms with E-state index in [0.29, 0.717) is 31.8 Å². The predicted molar refractivity (Wildman–Crippen MR) is 102 cm³/mol. The molecule has 0 aliphatic carbocycles. The lowest BCUT2D eigenvalue weighted by Crippen LogP contribution is -2.42. The molecule has 2 aromatic carbocycles. The number of hydrogen-bond acceptors (Lipinski definition) is 6. The monoisotopic (exact) mass is 378 g/mol. The van der Waals surface area contributed by atoms with Gasteiger partial charge in [0.15, 0.2) is 0 Å². The van der Waals surface area contributed by atoms with Crippen LogP contribution < -0.4 is 4.74 Å². The first-order valence-electron chi connectivity index (χ1n) is 9.03. The summed E-state index contributed by atoms with van der Waals surface area (Å²) >= 11 is 0. The van der Waals surface area contributed by atoms with E-state index in [2.05, 4.69) is 9.97 Å². The largest absolute Gasteiger partial charge is 0.473 e. The Morgan fingerprint density at radius 1 is 1.07 bits per heavy atom. The van der Waals surface area contributed by atoms with Crippen LogP contribution in [0.3, 0.4) is 0 Å². The van der Waals surface area contributed by atoms with Gasteiger partial charge in [0.2, 0.25) is 5.88 Å². The fourth-order valence-corrected chi connectivity index (χ4v) is 3.33. The number of nitro benzene ring substituents is 1. The van der Waals surface area contributed by atoms with Crippen LogP contribution in [0.2, 0.25) is 0 Å². The van der Waals surface area contributed by atoms with Crippen LogP contribution in [-0.2, 0) is 0 Å². The number of nitrogens with zero attached hydrogens (tertiary/aromatic N) is 4. The van der Waals surface area contributed by atoms with E-state index < -0.39 is 4.92 Å². The first-order valence-corrected chi connectivity index (χ1v) is 9.03. The van der Waals surface area contributed by atoms with Crippen molar-refractivity contribution in [3.63, 3.8) is 0 Å². The lowest BCUT2D eigenvalue weighted by molar-refractivity contribution is -0.385. The number of fused-ring (bicyclic) bond motifs is 1. The number of ether oxygens (including phenoxy) is 1. The number of nitro groups is 1. The third-order valence-corrected chi connectivity index (χ3v) is 4.77. The zero-order valence-corrected chi connectivity index (χ0v) is 15.0. The van der Waals surface area contributed by atoms with Gasteiger partial charge >= 0.3 is 0 Å². The van der Waals surface area contributed by atoms with Crippen LogP contribution in [0.15, 0.2) is 54.7 Å². The molecule has 0 atom stereocenters. The molecule has 0 spiro atoms. The molecule has 142 valence electrons. The van der Waals surface area contributed by atoms with Gasteiger partial charge < -0.3 is 9.64 Å². The quantitative estimate of drug-likeness (QED) is 0.511. The molecule has 0 N–H and O–H groups in total. The van der Waals surface area contributed by atoms with Crippen molar-refractivity contribution in [2.75, 3.05) is 13.1 Å². The molecule has 8 nitrogen and oxygen atoms in total. The molecule has 0 radical (unpaired) electrons. The van der Waals surface area contributed by atoms with E-state index in [4.69, 9.17) is 4.74 Å². The van der Waals surface area contributed by atoms with Crippen LogP contribution in [0.4, 0.5) is 5.69 Å². The van der Waals surface area contributed by atoms with Gasteiger partial charge in [0, 0.05) is 32.0 Å². The van der Waals surface area contributed by atoms with Gasteiger partial charge in [-0.05, 0) is 18.2 Å².